The Morgan fingerprint density at radius 1 is 1.30 bits per heavy atom. The molecule has 1 saturated heterocycles. The number of nitrogens with zero attached hydrogens (tertiary/aromatic N) is 2. The highest BCUT2D eigenvalue weighted by atomic mass is 16.4. The van der Waals surface area contributed by atoms with Crippen molar-refractivity contribution in [3.8, 4) is 6.07 Å². The monoisotopic (exact) mass is 140 g/mol. The van der Waals surface area contributed by atoms with Gasteiger partial charge in [-0.05, 0) is 25.9 Å². The summed E-state index contributed by atoms with van der Waals surface area (Å²) in [4.78, 5) is 2.20. The summed E-state index contributed by atoms with van der Waals surface area (Å²) in [6.45, 7) is 2.81. The van der Waals surface area contributed by atoms with E-state index in [-0.39, 0.29) is 0 Å². The Labute approximate surface area is 61.0 Å². The number of rotatable bonds is 1. The molecule has 0 aromatic rings. The van der Waals surface area contributed by atoms with E-state index in [1.165, 1.54) is 19.3 Å². The number of hydrogen-bond acceptors (Lipinski definition) is 2. The lowest BCUT2D eigenvalue weighted by Gasteiger charge is -2.22. The zero-order valence-electron chi connectivity index (χ0n) is 6.05. The Morgan fingerprint density at radius 2 is 2.00 bits per heavy atom. The van der Waals surface area contributed by atoms with E-state index in [9.17, 15) is 5.21 Å². The normalized spacial score (nSPS) is 19.6. The molecule has 1 fully saturated rings. The molecule has 1 heterocycles. The topological polar surface area (TPSA) is 30.7 Å². The average molecular weight is 140 g/mol. The van der Waals surface area contributed by atoms with Crippen molar-refractivity contribution in [2.75, 3.05) is 19.6 Å². The quantitative estimate of drug-likeness (QED) is 0.406. The van der Waals surface area contributed by atoms with E-state index in [1.54, 1.807) is 0 Å². The fraction of sp³-hybridized carbons (Fsp3) is 0.857. The van der Waals surface area contributed by atoms with Crippen molar-refractivity contribution >= 4 is 0 Å². The van der Waals surface area contributed by atoms with Gasteiger partial charge in [0.15, 0.2) is 0 Å². The average Bonchev–Trinajstić information content (AvgIpc) is 2.03. The highest BCUT2D eigenvalue weighted by Crippen LogP contribution is 2.06. The Kier molecular flexibility index (Phi) is 3.04. The van der Waals surface area contributed by atoms with Gasteiger partial charge in [-0.1, -0.05) is 6.42 Å². The molecule has 0 spiro atoms. The molecular formula is C7H12N2O. The molecule has 0 radical (unpaired) electrons. The second-order valence-corrected chi connectivity index (χ2v) is 2.59. The SMILES string of the molecule is [O-][N+]#CCN1CCCCC1. The van der Waals surface area contributed by atoms with Crippen molar-refractivity contribution < 1.29 is 0 Å². The molecule has 1 rings (SSSR count). The van der Waals surface area contributed by atoms with Gasteiger partial charge >= 0.3 is 6.07 Å². The van der Waals surface area contributed by atoms with Crippen LogP contribution in [0.25, 0.3) is 5.01 Å². The summed E-state index contributed by atoms with van der Waals surface area (Å²) in [5, 5.41) is 12.2. The first-order valence-corrected chi connectivity index (χ1v) is 3.71. The van der Waals surface area contributed by atoms with Crippen molar-refractivity contribution in [3.63, 3.8) is 0 Å². The Bertz CT molecular complexity index is 141. The fourth-order valence-corrected chi connectivity index (χ4v) is 1.25. The van der Waals surface area contributed by atoms with Gasteiger partial charge in [-0.3, -0.25) is 4.90 Å². The van der Waals surface area contributed by atoms with Crippen LogP contribution < -0.4 is 0 Å². The van der Waals surface area contributed by atoms with Crippen LogP contribution in [0.5, 0.6) is 0 Å². The molecule has 0 amide bonds. The van der Waals surface area contributed by atoms with Gasteiger partial charge in [-0.15, -0.1) is 0 Å². The Balaban J connectivity index is 2.17. The third-order valence-corrected chi connectivity index (χ3v) is 1.81. The smallest absolute Gasteiger partial charge is 0.314 e. The summed E-state index contributed by atoms with van der Waals surface area (Å²) in [5.41, 5.74) is 0. The van der Waals surface area contributed by atoms with Crippen LogP contribution >= 0.6 is 0 Å². The number of hydrogen-bond donors (Lipinski definition) is 0. The van der Waals surface area contributed by atoms with Crippen LogP contribution in [-0.4, -0.2) is 24.5 Å². The van der Waals surface area contributed by atoms with Gasteiger partial charge in [-0.25, -0.2) is 0 Å². The first kappa shape index (κ1) is 7.36. The molecule has 0 aromatic carbocycles. The molecule has 0 bridgehead atoms. The Hall–Kier alpha value is -0.750. The van der Waals surface area contributed by atoms with E-state index in [1.807, 2.05) is 0 Å². The lowest BCUT2D eigenvalue weighted by atomic mass is 10.1. The summed E-state index contributed by atoms with van der Waals surface area (Å²) in [6.07, 6.45) is 3.83. The van der Waals surface area contributed by atoms with Crippen molar-refractivity contribution in [3.05, 3.63) is 10.2 Å². The molecule has 0 saturated carbocycles. The third-order valence-electron chi connectivity index (χ3n) is 1.81. The molecule has 56 valence electrons. The van der Waals surface area contributed by atoms with Crippen molar-refractivity contribution in [2.45, 2.75) is 19.3 Å². The summed E-state index contributed by atoms with van der Waals surface area (Å²) < 4.78 is 0. The van der Waals surface area contributed by atoms with E-state index < -0.39 is 0 Å². The van der Waals surface area contributed by atoms with Crippen LogP contribution in [0.2, 0.25) is 0 Å². The molecule has 3 heteroatoms. The van der Waals surface area contributed by atoms with E-state index in [2.05, 4.69) is 16.0 Å². The summed E-state index contributed by atoms with van der Waals surface area (Å²) in [5.74, 6) is 0. The second-order valence-electron chi connectivity index (χ2n) is 2.59. The van der Waals surface area contributed by atoms with Crippen LogP contribution in [0.3, 0.4) is 0 Å². The third kappa shape index (κ3) is 2.24. The second kappa shape index (κ2) is 4.13. The maximum Gasteiger partial charge on any atom is 0.314 e. The largest absolute Gasteiger partial charge is 0.498 e. The summed E-state index contributed by atoms with van der Waals surface area (Å²) in [6, 6.07) is 2.41. The Morgan fingerprint density at radius 3 is 2.60 bits per heavy atom. The van der Waals surface area contributed by atoms with Crippen LogP contribution in [-0.2, 0) is 0 Å². The molecule has 0 aromatic heterocycles. The van der Waals surface area contributed by atoms with Crippen LogP contribution in [0.1, 0.15) is 19.3 Å². The van der Waals surface area contributed by atoms with Gasteiger partial charge in [0.2, 0.25) is 0 Å². The molecule has 0 N–H and O–H groups in total. The maximum absolute atomic E-state index is 9.66. The summed E-state index contributed by atoms with van der Waals surface area (Å²) >= 11 is 0. The highest BCUT2D eigenvalue weighted by molar-refractivity contribution is 4.90. The van der Waals surface area contributed by atoms with Crippen LogP contribution in [0.4, 0.5) is 0 Å². The highest BCUT2D eigenvalue weighted by Gasteiger charge is 2.09. The molecule has 3 nitrogen and oxygen atoms in total. The molecule has 1 aliphatic rings. The molecule has 0 atom stereocenters. The lowest BCUT2D eigenvalue weighted by Crippen LogP contribution is -2.29. The van der Waals surface area contributed by atoms with Crippen molar-refractivity contribution in [1.82, 2.24) is 4.90 Å². The fourth-order valence-electron chi connectivity index (χ4n) is 1.25. The number of piperidine rings is 1. The van der Waals surface area contributed by atoms with E-state index >= 15 is 0 Å². The summed E-state index contributed by atoms with van der Waals surface area (Å²) in [7, 11) is 0. The van der Waals surface area contributed by atoms with Crippen molar-refractivity contribution in [2.24, 2.45) is 0 Å². The van der Waals surface area contributed by atoms with Gasteiger partial charge in [0.25, 0.3) is 0 Å². The zero-order valence-corrected chi connectivity index (χ0v) is 6.05. The van der Waals surface area contributed by atoms with Crippen LogP contribution in [0, 0.1) is 11.3 Å². The minimum Gasteiger partial charge on any atom is -0.498 e. The molecule has 0 unspecified atom stereocenters. The standard InChI is InChI=1S/C7H12N2O/c10-8-4-7-9-5-2-1-3-6-9/h1-3,5-7H2. The molecule has 1 aliphatic heterocycles. The van der Waals surface area contributed by atoms with E-state index in [0.29, 0.717) is 6.54 Å². The van der Waals surface area contributed by atoms with Gasteiger partial charge in [0.05, 0.1) is 0 Å². The minimum atomic E-state index is 0.615. The lowest BCUT2D eigenvalue weighted by molar-refractivity contribution is 0.255. The van der Waals surface area contributed by atoms with Gasteiger partial charge in [-0.2, -0.15) is 0 Å². The van der Waals surface area contributed by atoms with E-state index in [4.69, 9.17) is 0 Å². The first-order chi connectivity index (χ1) is 4.93. The zero-order chi connectivity index (χ0) is 7.23. The van der Waals surface area contributed by atoms with Crippen LogP contribution in [0.15, 0.2) is 0 Å². The molecule has 0 aliphatic carbocycles. The maximum atomic E-state index is 9.66. The predicted molar refractivity (Wildman–Crippen MR) is 40.9 cm³/mol. The van der Waals surface area contributed by atoms with Gasteiger partial charge in [0, 0.05) is 5.01 Å². The van der Waals surface area contributed by atoms with E-state index in [0.717, 1.165) is 13.1 Å². The minimum absolute atomic E-state index is 0.615. The molecule has 10 heavy (non-hydrogen) atoms. The molecular weight excluding hydrogens is 128 g/mol. The predicted octanol–water partition coefficient (Wildman–Crippen LogP) is 1.30. The first-order valence-electron chi connectivity index (χ1n) is 3.71. The van der Waals surface area contributed by atoms with Gasteiger partial charge in [0.1, 0.15) is 6.54 Å². The number of likely N-dealkylation sites (tertiary alicyclic amines) is 1. The van der Waals surface area contributed by atoms with Crippen molar-refractivity contribution in [1.29, 1.82) is 0 Å². The van der Waals surface area contributed by atoms with Gasteiger partial charge < -0.3 is 5.21 Å².